The van der Waals surface area contributed by atoms with E-state index in [9.17, 15) is 9.59 Å². The maximum Gasteiger partial charge on any atom is 0.228 e. The number of fused-ring (bicyclic) bond motifs is 1. The Morgan fingerprint density at radius 2 is 2.23 bits per heavy atom. The fraction of sp³-hybridized carbons (Fsp3) is 0.111. The van der Waals surface area contributed by atoms with Gasteiger partial charge in [0.05, 0.1) is 6.42 Å². The summed E-state index contributed by atoms with van der Waals surface area (Å²) >= 11 is 3.71. The normalized spacial score (nSPS) is 13.8. The zero-order chi connectivity index (χ0) is 9.42. The van der Waals surface area contributed by atoms with E-state index in [1.165, 1.54) is 0 Å². The molecule has 0 aliphatic carbocycles. The van der Waals surface area contributed by atoms with Crippen LogP contribution in [0, 0.1) is 0 Å². The van der Waals surface area contributed by atoms with Crippen LogP contribution in [0.3, 0.4) is 0 Å². The van der Waals surface area contributed by atoms with Crippen molar-refractivity contribution < 1.29 is 9.59 Å². The molecule has 13 heavy (non-hydrogen) atoms. The second kappa shape index (κ2) is 2.88. The Morgan fingerprint density at radius 1 is 1.46 bits per heavy atom. The molecule has 1 N–H and O–H groups in total. The Kier molecular flexibility index (Phi) is 1.84. The van der Waals surface area contributed by atoms with Crippen molar-refractivity contribution in [2.75, 3.05) is 5.32 Å². The molecular weight excluding hydrogens is 186 g/mol. The number of carbonyl (C=O) groups excluding carboxylic acids is 2. The van der Waals surface area contributed by atoms with Gasteiger partial charge in [0, 0.05) is 11.3 Å². The fourth-order valence-corrected chi connectivity index (χ4v) is 1.50. The highest BCUT2D eigenvalue weighted by Crippen LogP contribution is 2.24. The van der Waals surface area contributed by atoms with Crippen LogP contribution in [0.1, 0.15) is 15.9 Å². The molecule has 0 bridgehead atoms. The highest BCUT2D eigenvalue weighted by atomic mass is 32.1. The minimum atomic E-state index is -0.276. The third-order valence-corrected chi connectivity index (χ3v) is 2.24. The van der Waals surface area contributed by atoms with Gasteiger partial charge >= 0.3 is 0 Å². The number of hydrogen-bond acceptors (Lipinski definition) is 2. The lowest BCUT2D eigenvalue weighted by molar-refractivity contribution is -0.115. The number of nitrogens with one attached hydrogen (secondary N) is 1. The quantitative estimate of drug-likeness (QED) is 0.659. The van der Waals surface area contributed by atoms with Crippen LogP contribution < -0.4 is 5.32 Å². The van der Waals surface area contributed by atoms with Gasteiger partial charge in [0.25, 0.3) is 0 Å². The number of benzene rings is 1. The van der Waals surface area contributed by atoms with Crippen molar-refractivity contribution in [1.29, 1.82) is 0 Å². The fourth-order valence-electron chi connectivity index (χ4n) is 1.36. The van der Waals surface area contributed by atoms with E-state index in [1.807, 2.05) is 0 Å². The lowest BCUT2D eigenvalue weighted by atomic mass is 10.1. The molecule has 0 saturated heterocycles. The average molecular weight is 193 g/mol. The molecule has 0 radical (unpaired) electrons. The molecule has 1 aliphatic rings. The van der Waals surface area contributed by atoms with E-state index in [0.29, 0.717) is 12.0 Å². The molecular formula is C9H7NO2S. The van der Waals surface area contributed by atoms with Crippen molar-refractivity contribution in [3.8, 4) is 0 Å². The summed E-state index contributed by atoms with van der Waals surface area (Å²) in [4.78, 5) is 21.9. The Hall–Kier alpha value is -1.29. The molecule has 1 aromatic rings. The maximum absolute atomic E-state index is 11.0. The van der Waals surface area contributed by atoms with Gasteiger partial charge in [-0.25, -0.2) is 0 Å². The van der Waals surface area contributed by atoms with Gasteiger partial charge < -0.3 is 5.32 Å². The molecule has 4 heteroatoms. The molecule has 1 heterocycles. The van der Waals surface area contributed by atoms with Crippen molar-refractivity contribution >= 4 is 29.3 Å². The van der Waals surface area contributed by atoms with Gasteiger partial charge in [0.1, 0.15) is 0 Å². The van der Waals surface area contributed by atoms with Gasteiger partial charge in [-0.1, -0.05) is 0 Å². The number of thiol groups is 1. The summed E-state index contributed by atoms with van der Waals surface area (Å²) in [6, 6.07) is 5.08. The third kappa shape index (κ3) is 1.45. The van der Waals surface area contributed by atoms with Gasteiger partial charge in [-0.2, -0.15) is 0 Å². The summed E-state index contributed by atoms with van der Waals surface area (Å²) in [6.45, 7) is 0. The molecule has 1 aromatic carbocycles. The van der Waals surface area contributed by atoms with Crippen molar-refractivity contribution in [3.05, 3.63) is 29.3 Å². The van der Waals surface area contributed by atoms with Crippen molar-refractivity contribution in [3.63, 3.8) is 0 Å². The molecule has 0 unspecified atom stereocenters. The lowest BCUT2D eigenvalue weighted by Gasteiger charge is -1.99. The van der Waals surface area contributed by atoms with Crippen LogP contribution in [-0.2, 0) is 11.2 Å². The zero-order valence-electron chi connectivity index (χ0n) is 6.70. The highest BCUT2D eigenvalue weighted by Gasteiger charge is 2.18. The average Bonchev–Trinajstić information content (AvgIpc) is 2.42. The molecule has 0 fully saturated rings. The number of rotatable bonds is 1. The van der Waals surface area contributed by atoms with Crippen LogP contribution in [0.15, 0.2) is 18.2 Å². The Bertz CT molecular complexity index is 401. The number of amides is 1. The predicted octanol–water partition coefficient (Wildman–Crippen LogP) is 1.25. The molecule has 2 rings (SSSR count). The molecule has 66 valence electrons. The van der Waals surface area contributed by atoms with Crippen LogP contribution in [-0.4, -0.2) is 11.0 Å². The SMILES string of the molecule is O=C1Cc2cc(C(=O)S)ccc2N1. The minimum Gasteiger partial charge on any atom is -0.326 e. The molecule has 0 atom stereocenters. The van der Waals surface area contributed by atoms with Gasteiger partial charge in [0.2, 0.25) is 11.0 Å². The van der Waals surface area contributed by atoms with Crippen LogP contribution in [0.4, 0.5) is 5.69 Å². The Balaban J connectivity index is 2.45. The number of anilines is 1. The van der Waals surface area contributed by atoms with Gasteiger partial charge in [-0.3, -0.25) is 9.59 Å². The van der Waals surface area contributed by atoms with Crippen LogP contribution in [0.5, 0.6) is 0 Å². The van der Waals surface area contributed by atoms with Crippen molar-refractivity contribution in [1.82, 2.24) is 0 Å². The highest BCUT2D eigenvalue weighted by molar-refractivity contribution is 7.97. The predicted molar refractivity (Wildman–Crippen MR) is 52.1 cm³/mol. The maximum atomic E-state index is 11.0. The summed E-state index contributed by atoms with van der Waals surface area (Å²) in [5.41, 5.74) is 2.19. The summed E-state index contributed by atoms with van der Waals surface area (Å²) in [5.74, 6) is -0.0289. The first-order chi connectivity index (χ1) is 6.16. The summed E-state index contributed by atoms with van der Waals surface area (Å²) in [5, 5.41) is 2.41. The molecule has 0 spiro atoms. The first-order valence-electron chi connectivity index (χ1n) is 3.83. The number of carbonyl (C=O) groups is 2. The first kappa shape index (κ1) is 8.31. The third-order valence-electron chi connectivity index (χ3n) is 1.98. The van der Waals surface area contributed by atoms with E-state index < -0.39 is 0 Å². The van der Waals surface area contributed by atoms with E-state index >= 15 is 0 Å². The van der Waals surface area contributed by atoms with E-state index in [-0.39, 0.29) is 11.0 Å². The minimum absolute atomic E-state index is 0.0289. The second-order valence-corrected chi connectivity index (χ2v) is 3.31. The summed E-state index contributed by atoms with van der Waals surface area (Å²) in [7, 11) is 0. The van der Waals surface area contributed by atoms with Gasteiger partial charge in [-0.15, -0.1) is 12.6 Å². The summed E-state index contributed by atoms with van der Waals surface area (Å²) < 4.78 is 0. The van der Waals surface area contributed by atoms with Gasteiger partial charge in [-0.05, 0) is 23.8 Å². The van der Waals surface area contributed by atoms with E-state index in [4.69, 9.17) is 0 Å². The van der Waals surface area contributed by atoms with E-state index in [0.717, 1.165) is 11.3 Å². The lowest BCUT2D eigenvalue weighted by Crippen LogP contribution is -2.03. The van der Waals surface area contributed by atoms with Crippen molar-refractivity contribution in [2.24, 2.45) is 0 Å². The largest absolute Gasteiger partial charge is 0.326 e. The smallest absolute Gasteiger partial charge is 0.228 e. The molecule has 1 amide bonds. The van der Waals surface area contributed by atoms with E-state index in [1.54, 1.807) is 18.2 Å². The van der Waals surface area contributed by atoms with Gasteiger partial charge in [0.15, 0.2) is 0 Å². The Labute approximate surface area is 80.5 Å². The molecule has 0 aromatic heterocycles. The standard InChI is InChI=1S/C9H7NO2S/c11-8-4-6-3-5(9(12)13)1-2-7(6)10-8/h1-3H,4H2,(H,10,11)(H,12,13). The Morgan fingerprint density at radius 3 is 2.92 bits per heavy atom. The van der Waals surface area contributed by atoms with Crippen molar-refractivity contribution in [2.45, 2.75) is 6.42 Å². The first-order valence-corrected chi connectivity index (χ1v) is 4.27. The topological polar surface area (TPSA) is 46.2 Å². The van der Waals surface area contributed by atoms with Crippen LogP contribution >= 0.6 is 12.6 Å². The number of hydrogen-bond donors (Lipinski definition) is 2. The van der Waals surface area contributed by atoms with E-state index in [2.05, 4.69) is 17.9 Å². The molecule has 0 saturated carbocycles. The second-order valence-electron chi connectivity index (χ2n) is 2.90. The van der Waals surface area contributed by atoms with Crippen LogP contribution in [0.2, 0.25) is 0 Å². The van der Waals surface area contributed by atoms with Crippen LogP contribution in [0.25, 0.3) is 0 Å². The molecule has 3 nitrogen and oxygen atoms in total. The molecule has 1 aliphatic heterocycles. The summed E-state index contributed by atoms with van der Waals surface area (Å²) in [6.07, 6.45) is 0.351. The monoisotopic (exact) mass is 193 g/mol. The zero-order valence-corrected chi connectivity index (χ0v) is 7.60.